The highest BCUT2D eigenvalue weighted by Crippen LogP contribution is 2.34. The second-order valence-corrected chi connectivity index (χ2v) is 6.67. The van der Waals surface area contributed by atoms with Gasteiger partial charge in [-0.25, -0.2) is 0 Å². The van der Waals surface area contributed by atoms with Gasteiger partial charge in [0.2, 0.25) is 0 Å². The number of benzene rings is 1. The van der Waals surface area contributed by atoms with Gasteiger partial charge in [0.1, 0.15) is 0 Å². The first-order chi connectivity index (χ1) is 11.3. The van der Waals surface area contributed by atoms with Gasteiger partial charge >= 0.3 is 0 Å². The molecule has 0 aromatic heterocycles. The second kappa shape index (κ2) is 11.9. The first-order valence-corrected chi connectivity index (χ1v) is 10.2. The highest BCUT2D eigenvalue weighted by molar-refractivity contribution is 7.94. The quantitative estimate of drug-likeness (QED) is 0.617. The van der Waals surface area contributed by atoms with Crippen LogP contribution in [-0.2, 0) is 4.18 Å². The predicted octanol–water partition coefficient (Wildman–Crippen LogP) is 6.09. The zero-order valence-corrected chi connectivity index (χ0v) is 16.5. The molecule has 1 aromatic carbocycles. The van der Waals surface area contributed by atoms with Crippen LogP contribution in [-0.4, -0.2) is 30.1 Å². The van der Waals surface area contributed by atoms with E-state index >= 15 is 0 Å². The van der Waals surface area contributed by atoms with Crippen LogP contribution >= 0.6 is 12.0 Å². The van der Waals surface area contributed by atoms with Gasteiger partial charge in [-0.05, 0) is 57.8 Å². The Morgan fingerprint density at radius 2 is 1.48 bits per heavy atom. The van der Waals surface area contributed by atoms with Crippen molar-refractivity contribution in [1.29, 1.82) is 0 Å². The monoisotopic (exact) mass is 337 g/mol. The molecule has 3 rings (SSSR count). The van der Waals surface area contributed by atoms with Crippen molar-refractivity contribution in [2.24, 2.45) is 0 Å². The molecule has 2 nitrogen and oxygen atoms in total. The van der Waals surface area contributed by atoms with E-state index in [1.54, 1.807) is 12.0 Å². The van der Waals surface area contributed by atoms with Crippen molar-refractivity contribution >= 4 is 12.0 Å². The van der Waals surface area contributed by atoms with E-state index in [4.69, 9.17) is 4.18 Å². The zero-order valence-electron chi connectivity index (χ0n) is 15.7. The molecule has 1 aliphatic heterocycles. The molecule has 23 heavy (non-hydrogen) atoms. The molecule has 0 amide bonds. The van der Waals surface area contributed by atoms with Crippen LogP contribution in [0.2, 0.25) is 0 Å². The SMILES string of the molecule is CC.CC.Cc1ccc(SOC2CC(N3CCCCC3)C2)cc1. The smallest absolute Gasteiger partial charge is 0.0756 e. The molecular weight excluding hydrogens is 302 g/mol. The minimum Gasteiger partial charge on any atom is -0.307 e. The average molecular weight is 338 g/mol. The van der Waals surface area contributed by atoms with Crippen LogP contribution in [0.25, 0.3) is 0 Å². The summed E-state index contributed by atoms with van der Waals surface area (Å²) in [6.45, 7) is 12.7. The van der Waals surface area contributed by atoms with Crippen LogP contribution in [0.5, 0.6) is 0 Å². The zero-order chi connectivity index (χ0) is 17.1. The first-order valence-electron chi connectivity index (χ1n) is 9.45. The standard InChI is InChI=1S/C16H23NOS.2C2H6/c1-13-5-7-16(8-6-13)19-18-15-11-14(12-15)17-9-3-2-4-10-17;2*1-2/h5-8,14-15H,2-4,9-12H2,1H3;2*1-2H3. The van der Waals surface area contributed by atoms with Gasteiger partial charge in [0.05, 0.1) is 6.10 Å². The fraction of sp³-hybridized carbons (Fsp3) is 0.700. The lowest BCUT2D eigenvalue weighted by atomic mass is 9.87. The summed E-state index contributed by atoms with van der Waals surface area (Å²) >= 11 is 1.54. The van der Waals surface area contributed by atoms with Gasteiger partial charge in [-0.1, -0.05) is 51.8 Å². The Hall–Kier alpha value is -0.510. The Morgan fingerprint density at radius 3 is 2.04 bits per heavy atom. The van der Waals surface area contributed by atoms with Crippen molar-refractivity contribution in [2.75, 3.05) is 13.1 Å². The molecule has 1 aliphatic carbocycles. The van der Waals surface area contributed by atoms with Gasteiger partial charge in [-0.2, -0.15) is 0 Å². The Morgan fingerprint density at radius 1 is 0.913 bits per heavy atom. The summed E-state index contributed by atoms with van der Waals surface area (Å²) < 4.78 is 5.91. The van der Waals surface area contributed by atoms with E-state index in [0.29, 0.717) is 6.10 Å². The molecule has 1 saturated heterocycles. The lowest BCUT2D eigenvalue weighted by molar-refractivity contribution is 0.0192. The maximum atomic E-state index is 5.91. The molecule has 132 valence electrons. The molecule has 0 spiro atoms. The minimum atomic E-state index is 0.457. The highest BCUT2D eigenvalue weighted by Gasteiger charge is 2.35. The number of rotatable bonds is 4. The number of likely N-dealkylation sites (tertiary alicyclic amines) is 1. The number of piperidine rings is 1. The van der Waals surface area contributed by atoms with Gasteiger partial charge in [0.25, 0.3) is 0 Å². The Bertz CT molecular complexity index is 395. The molecule has 2 fully saturated rings. The second-order valence-electron chi connectivity index (χ2n) is 5.84. The van der Waals surface area contributed by atoms with Crippen molar-refractivity contribution in [2.45, 2.75) is 83.8 Å². The van der Waals surface area contributed by atoms with Crippen LogP contribution in [0.15, 0.2) is 29.2 Å². The van der Waals surface area contributed by atoms with Crippen LogP contribution in [0.1, 0.15) is 65.4 Å². The summed E-state index contributed by atoms with van der Waals surface area (Å²) in [5.74, 6) is 0. The maximum absolute atomic E-state index is 5.91. The number of aryl methyl sites for hydroxylation is 1. The molecule has 0 N–H and O–H groups in total. The maximum Gasteiger partial charge on any atom is 0.0756 e. The Kier molecular flexibility index (Phi) is 10.7. The highest BCUT2D eigenvalue weighted by atomic mass is 32.2. The van der Waals surface area contributed by atoms with E-state index in [-0.39, 0.29) is 0 Å². The van der Waals surface area contributed by atoms with Crippen LogP contribution < -0.4 is 0 Å². The summed E-state index contributed by atoms with van der Waals surface area (Å²) in [4.78, 5) is 3.88. The summed E-state index contributed by atoms with van der Waals surface area (Å²) in [7, 11) is 0. The molecule has 1 heterocycles. The molecule has 2 aliphatic rings. The molecule has 3 heteroatoms. The van der Waals surface area contributed by atoms with E-state index in [0.717, 1.165) is 6.04 Å². The molecular formula is C20H35NOS. The Balaban J connectivity index is 0.000000615. The average Bonchev–Trinajstić information content (AvgIpc) is 2.60. The van der Waals surface area contributed by atoms with E-state index in [1.165, 1.54) is 55.7 Å². The van der Waals surface area contributed by atoms with Gasteiger partial charge in [-0.3, -0.25) is 0 Å². The topological polar surface area (TPSA) is 12.5 Å². The predicted molar refractivity (Wildman–Crippen MR) is 103 cm³/mol. The molecule has 0 radical (unpaired) electrons. The summed E-state index contributed by atoms with van der Waals surface area (Å²) in [6, 6.07) is 9.36. The molecule has 1 saturated carbocycles. The fourth-order valence-electron chi connectivity index (χ4n) is 2.92. The minimum absolute atomic E-state index is 0.457. The van der Waals surface area contributed by atoms with Crippen molar-refractivity contribution < 1.29 is 4.18 Å². The van der Waals surface area contributed by atoms with Crippen LogP contribution in [0.4, 0.5) is 0 Å². The van der Waals surface area contributed by atoms with E-state index in [2.05, 4.69) is 36.1 Å². The number of hydrogen-bond donors (Lipinski definition) is 0. The third-order valence-corrected chi connectivity index (χ3v) is 5.11. The molecule has 0 bridgehead atoms. The van der Waals surface area contributed by atoms with Gasteiger partial charge in [-0.15, -0.1) is 0 Å². The van der Waals surface area contributed by atoms with Crippen molar-refractivity contribution in [3.8, 4) is 0 Å². The van der Waals surface area contributed by atoms with Gasteiger partial charge < -0.3 is 9.08 Å². The van der Waals surface area contributed by atoms with E-state index in [9.17, 15) is 0 Å². The lowest BCUT2D eigenvalue weighted by Crippen LogP contribution is -2.49. The third kappa shape index (κ3) is 6.86. The van der Waals surface area contributed by atoms with Crippen molar-refractivity contribution in [1.82, 2.24) is 4.90 Å². The molecule has 0 unspecified atom stereocenters. The molecule has 1 aromatic rings. The van der Waals surface area contributed by atoms with Crippen LogP contribution in [0, 0.1) is 6.92 Å². The summed E-state index contributed by atoms with van der Waals surface area (Å²) in [6.07, 6.45) is 7.10. The molecule has 0 atom stereocenters. The van der Waals surface area contributed by atoms with Gasteiger partial charge in [0, 0.05) is 23.0 Å². The normalized spacial score (nSPS) is 23.7. The summed E-state index contributed by atoms with van der Waals surface area (Å²) in [5, 5.41) is 0. The van der Waals surface area contributed by atoms with Crippen molar-refractivity contribution in [3.63, 3.8) is 0 Å². The summed E-state index contributed by atoms with van der Waals surface area (Å²) in [5.41, 5.74) is 1.30. The third-order valence-electron chi connectivity index (χ3n) is 4.28. The number of nitrogens with zero attached hydrogens (tertiary/aromatic N) is 1. The number of hydrogen-bond acceptors (Lipinski definition) is 3. The Labute approximate surface area is 148 Å². The van der Waals surface area contributed by atoms with E-state index in [1.807, 2.05) is 27.7 Å². The fourth-order valence-corrected chi connectivity index (χ4v) is 3.57. The van der Waals surface area contributed by atoms with Crippen LogP contribution in [0.3, 0.4) is 0 Å². The van der Waals surface area contributed by atoms with E-state index < -0.39 is 0 Å². The first kappa shape index (κ1) is 20.5. The lowest BCUT2D eigenvalue weighted by Gasteiger charge is -2.43. The van der Waals surface area contributed by atoms with Crippen molar-refractivity contribution in [3.05, 3.63) is 29.8 Å². The largest absolute Gasteiger partial charge is 0.307 e. The van der Waals surface area contributed by atoms with Gasteiger partial charge in [0.15, 0.2) is 0 Å².